The topological polar surface area (TPSA) is 127 Å². The van der Waals surface area contributed by atoms with Crippen LogP contribution < -0.4 is 19.5 Å². The number of benzene rings is 2. The van der Waals surface area contributed by atoms with Crippen molar-refractivity contribution in [2.75, 3.05) is 12.4 Å². The minimum absolute atomic E-state index is 0.0509. The summed E-state index contributed by atoms with van der Waals surface area (Å²) in [6.45, 7) is 5.48. The van der Waals surface area contributed by atoms with Crippen LogP contribution in [0.25, 0.3) is 0 Å². The van der Waals surface area contributed by atoms with Crippen molar-refractivity contribution in [3.63, 3.8) is 0 Å². The van der Waals surface area contributed by atoms with Crippen LogP contribution in [0.2, 0.25) is 0 Å². The van der Waals surface area contributed by atoms with Gasteiger partial charge in [-0.1, -0.05) is 25.1 Å². The molecule has 0 saturated heterocycles. The van der Waals surface area contributed by atoms with E-state index in [0.29, 0.717) is 39.5 Å². The Kier molecular flexibility index (Phi) is 7.23. The van der Waals surface area contributed by atoms with E-state index in [1.54, 1.807) is 43.3 Å². The Morgan fingerprint density at radius 2 is 1.71 bits per heavy atom. The lowest BCUT2D eigenvalue weighted by atomic mass is 9.78. The number of halogens is 2. The highest BCUT2D eigenvalue weighted by Crippen LogP contribution is 2.54. The predicted octanol–water partition coefficient (Wildman–Crippen LogP) is 5.47. The lowest BCUT2D eigenvalue weighted by Crippen LogP contribution is -2.26. The molecule has 0 spiro atoms. The molecule has 0 unspecified atom stereocenters. The Bertz CT molecular complexity index is 1510. The molecule has 4 atom stereocenters. The summed E-state index contributed by atoms with van der Waals surface area (Å²) < 4.78 is 42.2. The van der Waals surface area contributed by atoms with E-state index in [4.69, 9.17) is 9.72 Å². The van der Waals surface area contributed by atoms with Gasteiger partial charge < -0.3 is 29.7 Å². The Morgan fingerprint density at radius 3 is 2.37 bits per heavy atom. The van der Waals surface area contributed by atoms with E-state index in [0.717, 1.165) is 0 Å². The Labute approximate surface area is 235 Å². The van der Waals surface area contributed by atoms with Gasteiger partial charge in [0.05, 0.1) is 24.6 Å². The van der Waals surface area contributed by atoms with Crippen LogP contribution >= 0.6 is 0 Å². The lowest BCUT2D eigenvalue weighted by Gasteiger charge is -2.25. The molecule has 2 heterocycles. The largest absolute Gasteiger partial charge is 0.586 e. The first-order valence-electron chi connectivity index (χ1n) is 13.2. The van der Waals surface area contributed by atoms with Gasteiger partial charge in [-0.25, -0.2) is 4.98 Å². The van der Waals surface area contributed by atoms with E-state index in [1.807, 2.05) is 13.8 Å². The molecule has 0 bridgehead atoms. The number of fused-ring (bicyclic) bond motifs is 2. The fraction of sp³-hybridized carbons (Fsp3) is 0.367. The molecule has 41 heavy (non-hydrogen) atoms. The number of carboxylic acids is 2. The van der Waals surface area contributed by atoms with Crippen molar-refractivity contribution in [1.29, 1.82) is 0 Å². The van der Waals surface area contributed by atoms with Gasteiger partial charge in [-0.2, -0.15) is 0 Å². The minimum Gasteiger partial charge on any atom is -0.497 e. The molecule has 1 aliphatic carbocycles. The first-order chi connectivity index (χ1) is 19.4. The number of carbonyl (C=O) groups is 2. The number of nitrogens with zero attached hydrogens (tertiary/aromatic N) is 1. The van der Waals surface area contributed by atoms with Gasteiger partial charge in [0.1, 0.15) is 11.6 Å². The highest BCUT2D eigenvalue weighted by Gasteiger charge is 2.50. The number of pyridine rings is 1. The van der Waals surface area contributed by atoms with Crippen LogP contribution in [0, 0.1) is 11.8 Å². The van der Waals surface area contributed by atoms with Crippen LogP contribution in [0.15, 0.2) is 48.5 Å². The molecule has 0 amide bonds. The van der Waals surface area contributed by atoms with Crippen molar-refractivity contribution in [2.24, 2.45) is 11.8 Å². The second-order valence-electron chi connectivity index (χ2n) is 10.7. The van der Waals surface area contributed by atoms with Crippen molar-refractivity contribution >= 4 is 17.8 Å². The first-order valence-corrected chi connectivity index (χ1v) is 13.2. The molecule has 216 valence electrons. The second kappa shape index (κ2) is 10.5. The van der Waals surface area contributed by atoms with Crippen molar-refractivity contribution in [3.8, 4) is 17.2 Å². The first kappa shape index (κ1) is 28.1. The zero-order chi connectivity index (χ0) is 29.6. The molecule has 0 saturated carbocycles. The fourth-order valence-electron chi connectivity index (χ4n) is 5.71. The monoisotopic (exact) mass is 568 g/mol. The molecule has 5 rings (SSSR count). The van der Waals surface area contributed by atoms with Gasteiger partial charge in [-0.05, 0) is 72.9 Å². The zero-order valence-electron chi connectivity index (χ0n) is 22.9. The average molecular weight is 569 g/mol. The number of ether oxygens (including phenoxy) is 3. The van der Waals surface area contributed by atoms with Crippen LogP contribution in [-0.4, -0.2) is 46.6 Å². The van der Waals surface area contributed by atoms with Crippen molar-refractivity contribution in [2.45, 2.75) is 51.4 Å². The molecular weight excluding hydrogens is 538 g/mol. The third kappa shape index (κ3) is 5.36. The van der Waals surface area contributed by atoms with E-state index < -0.39 is 41.9 Å². The molecule has 3 aromatic rings. The molecular formula is C30H30F2N2O7. The summed E-state index contributed by atoms with van der Waals surface area (Å²) in [6, 6.07) is 13.1. The number of aliphatic carboxylic acids is 2. The maximum Gasteiger partial charge on any atom is 0.586 e. The van der Waals surface area contributed by atoms with E-state index in [9.17, 15) is 28.6 Å². The number of methoxy groups -OCH3 is 1. The summed E-state index contributed by atoms with van der Waals surface area (Å²) in [5.74, 6) is -4.79. The van der Waals surface area contributed by atoms with E-state index >= 15 is 0 Å². The summed E-state index contributed by atoms with van der Waals surface area (Å²) in [7, 11) is 1.49. The van der Waals surface area contributed by atoms with Crippen molar-refractivity contribution in [1.82, 2.24) is 4.98 Å². The third-order valence-corrected chi connectivity index (χ3v) is 7.44. The van der Waals surface area contributed by atoms with Crippen LogP contribution in [0.3, 0.4) is 0 Å². The van der Waals surface area contributed by atoms with Gasteiger partial charge in [0.25, 0.3) is 0 Å². The average Bonchev–Trinajstić information content (AvgIpc) is 3.40. The van der Waals surface area contributed by atoms with Crippen LogP contribution in [-0.2, 0) is 16.0 Å². The number of carboxylic acid groups (broad SMARTS) is 2. The molecule has 9 nitrogen and oxygen atoms in total. The van der Waals surface area contributed by atoms with E-state index in [1.165, 1.54) is 19.2 Å². The summed E-state index contributed by atoms with van der Waals surface area (Å²) in [5, 5.41) is 23.5. The van der Waals surface area contributed by atoms with Gasteiger partial charge in [-0.3, -0.25) is 9.59 Å². The highest BCUT2D eigenvalue weighted by atomic mass is 19.3. The number of rotatable bonds is 9. The highest BCUT2D eigenvalue weighted by molar-refractivity contribution is 5.78. The maximum absolute atomic E-state index is 13.8. The molecule has 0 fully saturated rings. The number of anilines is 1. The summed E-state index contributed by atoms with van der Waals surface area (Å²) in [6.07, 6.45) is -3.69. The van der Waals surface area contributed by atoms with Crippen LogP contribution in [0.1, 0.15) is 60.6 Å². The predicted molar refractivity (Wildman–Crippen MR) is 144 cm³/mol. The standard InChI is InChI=1S/C30H30F2N2O7/c1-14(2)33-23-10-8-20-24(16-5-9-21-22(13-16)41-30(31,32)40-21)26(29(37)38)25(27(20)34-23)19-7-6-18(39-4)12-17(19)11-15(3)28(35)36/h5-10,12-15,24-26H,11H2,1-4H3,(H,33,34)(H,35,36)(H,37,38)/t15-,24+,25+,26-/m1/s1. The van der Waals surface area contributed by atoms with Gasteiger partial charge in [0.15, 0.2) is 11.5 Å². The lowest BCUT2D eigenvalue weighted by molar-refractivity contribution is -0.286. The Hall–Kier alpha value is -4.41. The number of hydrogen-bond donors (Lipinski definition) is 3. The molecule has 0 radical (unpaired) electrons. The summed E-state index contributed by atoms with van der Waals surface area (Å²) in [5.41, 5.74) is 2.80. The third-order valence-electron chi connectivity index (χ3n) is 7.44. The number of nitrogens with one attached hydrogen (secondary N) is 1. The molecule has 2 aliphatic rings. The quantitative estimate of drug-likeness (QED) is 0.308. The number of hydrogen-bond acceptors (Lipinski definition) is 7. The summed E-state index contributed by atoms with van der Waals surface area (Å²) in [4.78, 5) is 29.7. The summed E-state index contributed by atoms with van der Waals surface area (Å²) >= 11 is 0. The normalized spacial score (nSPS) is 20.9. The van der Waals surface area contributed by atoms with Gasteiger partial charge in [-0.15, -0.1) is 8.78 Å². The fourth-order valence-corrected chi connectivity index (χ4v) is 5.71. The van der Waals surface area contributed by atoms with Gasteiger partial charge in [0, 0.05) is 17.9 Å². The van der Waals surface area contributed by atoms with Crippen LogP contribution in [0.4, 0.5) is 14.6 Å². The molecule has 3 N–H and O–H groups in total. The number of aromatic nitrogens is 1. The van der Waals surface area contributed by atoms with E-state index in [-0.39, 0.29) is 24.0 Å². The minimum atomic E-state index is -3.82. The second-order valence-corrected chi connectivity index (χ2v) is 10.7. The van der Waals surface area contributed by atoms with Crippen molar-refractivity contribution < 1.29 is 42.8 Å². The van der Waals surface area contributed by atoms with E-state index in [2.05, 4.69) is 14.8 Å². The molecule has 1 aliphatic heterocycles. The van der Waals surface area contributed by atoms with Crippen LogP contribution in [0.5, 0.6) is 17.2 Å². The molecule has 1 aromatic heterocycles. The maximum atomic E-state index is 13.8. The number of alkyl halides is 2. The van der Waals surface area contributed by atoms with Gasteiger partial charge >= 0.3 is 18.2 Å². The smallest absolute Gasteiger partial charge is 0.497 e. The Morgan fingerprint density at radius 1 is 1.00 bits per heavy atom. The van der Waals surface area contributed by atoms with Crippen molar-refractivity contribution in [3.05, 3.63) is 76.5 Å². The molecule has 2 aromatic carbocycles. The zero-order valence-corrected chi connectivity index (χ0v) is 22.9. The SMILES string of the molecule is COc1ccc([C@@H]2c3nc(NC(C)C)ccc3[C@H](c3ccc4c(c3)OC(F)(F)O4)[C@H]2C(=O)O)c(C[C@@H](C)C(=O)O)c1. The Balaban J connectivity index is 1.70. The van der Waals surface area contributed by atoms with Gasteiger partial charge in [0.2, 0.25) is 0 Å². The molecule has 11 heteroatoms.